The van der Waals surface area contributed by atoms with Crippen LogP contribution in [-0.4, -0.2) is 15.7 Å². The summed E-state index contributed by atoms with van der Waals surface area (Å²) >= 11 is 0. The van der Waals surface area contributed by atoms with Gasteiger partial charge in [0.2, 0.25) is 0 Å². The van der Waals surface area contributed by atoms with E-state index in [2.05, 4.69) is 24.9 Å². The number of rotatable bonds is 3. The van der Waals surface area contributed by atoms with Crippen LogP contribution in [0.4, 0.5) is 0 Å². The topological polar surface area (TPSA) is 33.1 Å². The first kappa shape index (κ1) is 10.6. The number of aliphatic hydroxyl groups is 1. The Morgan fingerprint density at radius 1 is 1.47 bits per heavy atom. The molecule has 1 atom stereocenters. The van der Waals surface area contributed by atoms with Crippen LogP contribution in [0.15, 0.2) is 18.3 Å². The molecule has 1 heterocycles. The minimum atomic E-state index is -0.556. The molecule has 1 N–H and O–H groups in total. The quantitative estimate of drug-likeness (QED) is 0.823. The zero-order chi connectivity index (χ0) is 10.9. The Labute approximate surface area is 91.4 Å². The Bertz CT molecular complexity index is 344. The summed E-state index contributed by atoms with van der Waals surface area (Å²) in [7, 11) is 0. The minimum absolute atomic E-state index is 0.240. The molecule has 2 nitrogen and oxygen atoms in total. The van der Waals surface area contributed by atoms with E-state index in [-0.39, 0.29) is 5.92 Å². The van der Waals surface area contributed by atoms with E-state index in [0.717, 1.165) is 31.4 Å². The number of nitrogens with zero attached hydrogens (tertiary/aromatic N) is 1. The molecule has 0 spiro atoms. The van der Waals surface area contributed by atoms with Gasteiger partial charge in [0.15, 0.2) is 0 Å². The van der Waals surface area contributed by atoms with E-state index in [4.69, 9.17) is 0 Å². The highest BCUT2D eigenvalue weighted by atomic mass is 16.3. The van der Waals surface area contributed by atoms with Crippen molar-refractivity contribution in [3.63, 3.8) is 0 Å². The van der Waals surface area contributed by atoms with Gasteiger partial charge in [-0.05, 0) is 37.3 Å². The van der Waals surface area contributed by atoms with Gasteiger partial charge in [-0.3, -0.25) is 4.98 Å². The molecule has 1 unspecified atom stereocenters. The Kier molecular flexibility index (Phi) is 2.79. The van der Waals surface area contributed by atoms with Crippen molar-refractivity contribution in [1.82, 2.24) is 4.98 Å². The van der Waals surface area contributed by atoms with Crippen molar-refractivity contribution in [2.45, 2.75) is 51.0 Å². The summed E-state index contributed by atoms with van der Waals surface area (Å²) < 4.78 is 0. The second kappa shape index (κ2) is 3.93. The standard InChI is InChI=1S/C13H19NO/c1-3-13(15,4-2)11-8-7-10-6-5-9-14-12(10)11/h5-6,9,11,15H,3-4,7-8H2,1-2H3. The molecule has 82 valence electrons. The van der Waals surface area contributed by atoms with Crippen LogP contribution in [0.3, 0.4) is 0 Å². The SMILES string of the molecule is CCC(O)(CC)C1CCc2cccnc21. The van der Waals surface area contributed by atoms with E-state index in [9.17, 15) is 5.11 Å². The van der Waals surface area contributed by atoms with Crippen molar-refractivity contribution in [2.24, 2.45) is 0 Å². The largest absolute Gasteiger partial charge is 0.389 e. The Morgan fingerprint density at radius 3 is 2.87 bits per heavy atom. The van der Waals surface area contributed by atoms with Gasteiger partial charge in [-0.2, -0.15) is 0 Å². The van der Waals surface area contributed by atoms with Crippen LogP contribution in [0.25, 0.3) is 0 Å². The van der Waals surface area contributed by atoms with Crippen molar-refractivity contribution in [3.8, 4) is 0 Å². The van der Waals surface area contributed by atoms with Gasteiger partial charge in [0.05, 0.1) is 5.60 Å². The molecule has 15 heavy (non-hydrogen) atoms. The van der Waals surface area contributed by atoms with Gasteiger partial charge in [-0.25, -0.2) is 0 Å². The normalized spacial score (nSPS) is 20.3. The molecule has 2 heteroatoms. The minimum Gasteiger partial charge on any atom is -0.389 e. The van der Waals surface area contributed by atoms with Gasteiger partial charge in [0.1, 0.15) is 0 Å². The highest BCUT2D eigenvalue weighted by Crippen LogP contribution is 2.42. The van der Waals surface area contributed by atoms with Crippen LogP contribution < -0.4 is 0 Å². The summed E-state index contributed by atoms with van der Waals surface area (Å²) in [5.74, 6) is 0.240. The molecule has 1 aliphatic rings. The maximum Gasteiger partial charge on any atom is 0.0726 e. The molecule has 1 aliphatic carbocycles. The van der Waals surface area contributed by atoms with Crippen molar-refractivity contribution in [3.05, 3.63) is 29.6 Å². The monoisotopic (exact) mass is 205 g/mol. The maximum atomic E-state index is 10.5. The predicted molar refractivity (Wildman–Crippen MR) is 60.8 cm³/mol. The highest BCUT2D eigenvalue weighted by Gasteiger charge is 2.39. The summed E-state index contributed by atoms with van der Waals surface area (Å²) in [6, 6.07) is 4.12. The lowest BCUT2D eigenvalue weighted by Crippen LogP contribution is -2.34. The lowest BCUT2D eigenvalue weighted by atomic mass is 9.81. The number of hydrogen-bond donors (Lipinski definition) is 1. The Morgan fingerprint density at radius 2 is 2.20 bits per heavy atom. The van der Waals surface area contributed by atoms with Gasteiger partial charge >= 0.3 is 0 Å². The molecule has 0 bridgehead atoms. The van der Waals surface area contributed by atoms with Crippen molar-refractivity contribution in [2.75, 3.05) is 0 Å². The van der Waals surface area contributed by atoms with Crippen LogP contribution >= 0.6 is 0 Å². The molecular formula is C13H19NO. The number of fused-ring (bicyclic) bond motifs is 1. The van der Waals surface area contributed by atoms with Gasteiger partial charge in [0.25, 0.3) is 0 Å². The summed E-state index contributed by atoms with van der Waals surface area (Å²) in [5, 5.41) is 10.5. The zero-order valence-electron chi connectivity index (χ0n) is 9.53. The summed E-state index contributed by atoms with van der Waals surface area (Å²) in [4.78, 5) is 4.44. The average Bonchev–Trinajstić information content (AvgIpc) is 2.72. The molecule has 0 aliphatic heterocycles. The first-order valence-corrected chi connectivity index (χ1v) is 5.87. The van der Waals surface area contributed by atoms with Crippen LogP contribution in [0.1, 0.15) is 50.3 Å². The van der Waals surface area contributed by atoms with E-state index in [1.54, 1.807) is 0 Å². The molecule has 1 aromatic heterocycles. The van der Waals surface area contributed by atoms with Crippen LogP contribution in [0.5, 0.6) is 0 Å². The average molecular weight is 205 g/mol. The Balaban J connectivity index is 2.34. The maximum absolute atomic E-state index is 10.5. The van der Waals surface area contributed by atoms with E-state index in [1.807, 2.05) is 12.3 Å². The fourth-order valence-electron chi connectivity index (χ4n) is 2.68. The predicted octanol–water partition coefficient (Wildman–Crippen LogP) is 2.66. The highest BCUT2D eigenvalue weighted by molar-refractivity contribution is 5.31. The van der Waals surface area contributed by atoms with E-state index < -0.39 is 5.60 Å². The number of hydrogen-bond acceptors (Lipinski definition) is 2. The Hall–Kier alpha value is -0.890. The molecule has 0 radical (unpaired) electrons. The lowest BCUT2D eigenvalue weighted by molar-refractivity contribution is 0.00335. The summed E-state index contributed by atoms with van der Waals surface area (Å²) in [5.41, 5.74) is 1.89. The van der Waals surface area contributed by atoms with E-state index in [1.165, 1.54) is 5.56 Å². The third-order valence-electron chi connectivity index (χ3n) is 3.83. The van der Waals surface area contributed by atoms with Crippen molar-refractivity contribution >= 4 is 0 Å². The first-order chi connectivity index (χ1) is 7.21. The molecule has 2 rings (SSSR count). The fourth-order valence-corrected chi connectivity index (χ4v) is 2.68. The molecule has 0 amide bonds. The first-order valence-electron chi connectivity index (χ1n) is 5.87. The fraction of sp³-hybridized carbons (Fsp3) is 0.615. The lowest BCUT2D eigenvalue weighted by Gasteiger charge is -2.32. The number of aromatic nitrogens is 1. The molecule has 0 saturated heterocycles. The van der Waals surface area contributed by atoms with Crippen LogP contribution in [-0.2, 0) is 6.42 Å². The number of aryl methyl sites for hydroxylation is 1. The van der Waals surface area contributed by atoms with Crippen molar-refractivity contribution in [1.29, 1.82) is 0 Å². The van der Waals surface area contributed by atoms with Gasteiger partial charge in [0, 0.05) is 17.8 Å². The summed E-state index contributed by atoms with van der Waals surface area (Å²) in [6.45, 7) is 4.12. The molecule has 0 saturated carbocycles. The third kappa shape index (κ3) is 1.67. The third-order valence-corrected chi connectivity index (χ3v) is 3.83. The second-order valence-electron chi connectivity index (χ2n) is 4.45. The van der Waals surface area contributed by atoms with E-state index in [0.29, 0.717) is 0 Å². The molecular weight excluding hydrogens is 186 g/mol. The summed E-state index contributed by atoms with van der Waals surface area (Å²) in [6.07, 6.45) is 5.57. The van der Waals surface area contributed by atoms with E-state index >= 15 is 0 Å². The number of pyridine rings is 1. The zero-order valence-corrected chi connectivity index (χ0v) is 9.53. The van der Waals surface area contributed by atoms with Gasteiger partial charge in [-0.15, -0.1) is 0 Å². The molecule has 0 aromatic carbocycles. The van der Waals surface area contributed by atoms with Crippen molar-refractivity contribution < 1.29 is 5.11 Å². The molecule has 1 aromatic rings. The van der Waals surface area contributed by atoms with Crippen LogP contribution in [0.2, 0.25) is 0 Å². The second-order valence-corrected chi connectivity index (χ2v) is 4.45. The smallest absolute Gasteiger partial charge is 0.0726 e. The van der Waals surface area contributed by atoms with Gasteiger partial charge < -0.3 is 5.11 Å². The van der Waals surface area contributed by atoms with Crippen LogP contribution in [0, 0.1) is 0 Å². The van der Waals surface area contributed by atoms with Gasteiger partial charge in [-0.1, -0.05) is 19.9 Å². The molecule has 0 fully saturated rings.